The Balaban J connectivity index is 2.07. The first-order valence-electron chi connectivity index (χ1n) is 5.99. The van der Waals surface area contributed by atoms with Gasteiger partial charge in [0.15, 0.2) is 0 Å². The second-order valence-corrected chi connectivity index (χ2v) is 5.83. The second kappa shape index (κ2) is 3.19. The number of nitrogens with zero attached hydrogens (tertiary/aromatic N) is 2. The van der Waals surface area contributed by atoms with E-state index in [0.29, 0.717) is 11.8 Å². The van der Waals surface area contributed by atoms with Crippen molar-refractivity contribution >= 4 is 32.7 Å². The molecule has 2 N–H and O–H groups in total. The first-order valence-corrected chi connectivity index (χ1v) is 6.79. The summed E-state index contributed by atoms with van der Waals surface area (Å²) in [4.78, 5) is 9.60. The van der Waals surface area contributed by atoms with Crippen LogP contribution in [-0.4, -0.2) is 9.97 Å². The molecule has 3 nitrogen and oxygen atoms in total. The highest BCUT2D eigenvalue weighted by atomic mass is 79.9. The van der Waals surface area contributed by atoms with Gasteiger partial charge in [0.1, 0.15) is 5.52 Å². The first kappa shape index (κ1) is 9.83. The van der Waals surface area contributed by atoms with Gasteiger partial charge in [0.2, 0.25) is 0 Å². The minimum atomic E-state index is 0.639. The van der Waals surface area contributed by atoms with Crippen molar-refractivity contribution in [3.05, 3.63) is 28.0 Å². The Morgan fingerprint density at radius 2 is 1.82 bits per heavy atom. The molecule has 4 heteroatoms. The first-order chi connectivity index (χ1) is 8.24. The zero-order valence-electron chi connectivity index (χ0n) is 9.28. The molecule has 1 fully saturated rings. The molecule has 1 saturated carbocycles. The van der Waals surface area contributed by atoms with Gasteiger partial charge in [-0.25, -0.2) is 9.97 Å². The van der Waals surface area contributed by atoms with Gasteiger partial charge in [-0.1, -0.05) is 0 Å². The molecule has 2 aromatic rings. The molecule has 0 saturated heterocycles. The quantitative estimate of drug-likeness (QED) is 0.757. The zero-order valence-corrected chi connectivity index (χ0v) is 10.9. The highest BCUT2D eigenvalue weighted by Gasteiger charge is 2.39. The molecule has 1 aromatic carbocycles. The summed E-state index contributed by atoms with van der Waals surface area (Å²) < 4.78 is 0.882. The Kier molecular flexibility index (Phi) is 1.85. The number of benzene rings is 1. The molecule has 2 aliphatic rings. The lowest BCUT2D eigenvalue weighted by Gasteiger charge is -2.14. The van der Waals surface area contributed by atoms with Crippen LogP contribution in [0.4, 0.5) is 5.69 Å². The summed E-state index contributed by atoms with van der Waals surface area (Å²) in [5.74, 6) is 1.29. The topological polar surface area (TPSA) is 51.8 Å². The molecule has 4 rings (SSSR count). The number of rotatable bonds is 0. The highest BCUT2D eigenvalue weighted by Crippen LogP contribution is 2.52. The molecule has 0 spiro atoms. The summed E-state index contributed by atoms with van der Waals surface area (Å²) >= 11 is 3.51. The number of hydrogen-bond acceptors (Lipinski definition) is 3. The van der Waals surface area contributed by atoms with E-state index in [-0.39, 0.29) is 0 Å². The fraction of sp³-hybridized carbons (Fsp3) is 0.385. The molecule has 2 aliphatic carbocycles. The lowest BCUT2D eigenvalue weighted by Crippen LogP contribution is -2.05. The molecule has 17 heavy (non-hydrogen) atoms. The Bertz CT molecular complexity index is 638. The summed E-state index contributed by atoms with van der Waals surface area (Å²) in [6.45, 7) is 0. The van der Waals surface area contributed by atoms with E-state index in [9.17, 15) is 0 Å². The Morgan fingerprint density at radius 1 is 1.12 bits per heavy atom. The molecule has 86 valence electrons. The Hall–Kier alpha value is -1.16. The minimum Gasteiger partial charge on any atom is -0.398 e. The molecule has 2 bridgehead atoms. The van der Waals surface area contributed by atoms with Gasteiger partial charge in [-0.05, 0) is 47.3 Å². The van der Waals surface area contributed by atoms with Gasteiger partial charge >= 0.3 is 0 Å². The van der Waals surface area contributed by atoms with Gasteiger partial charge in [-0.2, -0.15) is 0 Å². The summed E-state index contributed by atoms with van der Waals surface area (Å²) in [7, 11) is 0. The van der Waals surface area contributed by atoms with Crippen molar-refractivity contribution in [2.24, 2.45) is 0 Å². The number of nitrogens with two attached hydrogens (primary N) is 1. The molecule has 1 heterocycles. The van der Waals surface area contributed by atoms with Gasteiger partial charge in [0.05, 0.1) is 21.4 Å². The van der Waals surface area contributed by atoms with Crippen LogP contribution in [0.2, 0.25) is 0 Å². The third-order valence-corrected chi connectivity index (χ3v) is 4.90. The van der Waals surface area contributed by atoms with Crippen LogP contribution in [0.25, 0.3) is 11.0 Å². The molecular weight excluding hydrogens is 278 g/mol. The van der Waals surface area contributed by atoms with E-state index in [1.54, 1.807) is 0 Å². The van der Waals surface area contributed by atoms with Crippen LogP contribution in [0.5, 0.6) is 0 Å². The van der Waals surface area contributed by atoms with Gasteiger partial charge in [0.25, 0.3) is 0 Å². The number of aromatic nitrogens is 2. The number of anilines is 1. The normalized spacial score (nSPS) is 25.5. The summed E-state index contributed by atoms with van der Waals surface area (Å²) in [6.07, 6.45) is 3.81. The van der Waals surface area contributed by atoms with Crippen molar-refractivity contribution in [1.82, 2.24) is 9.97 Å². The number of nitrogen functional groups attached to an aromatic ring is 1. The van der Waals surface area contributed by atoms with E-state index < -0.39 is 0 Å². The SMILES string of the molecule is Nc1ccc2nc3c(nc2c1Br)[C@@H]1CC[C@@H]3C1. The predicted octanol–water partition coefficient (Wildman–Crippen LogP) is 3.34. The molecule has 0 amide bonds. The monoisotopic (exact) mass is 289 g/mol. The largest absolute Gasteiger partial charge is 0.398 e. The molecule has 1 aromatic heterocycles. The lowest BCUT2D eigenvalue weighted by molar-refractivity contribution is 0.685. The Morgan fingerprint density at radius 3 is 2.59 bits per heavy atom. The number of halogens is 1. The fourth-order valence-electron chi connectivity index (χ4n) is 3.21. The minimum absolute atomic E-state index is 0.639. The van der Waals surface area contributed by atoms with Crippen molar-refractivity contribution in [2.75, 3.05) is 5.73 Å². The average molecular weight is 290 g/mol. The van der Waals surface area contributed by atoms with Crippen LogP contribution in [0.1, 0.15) is 42.5 Å². The average Bonchev–Trinajstić information content (AvgIpc) is 2.94. The Labute approximate surface area is 108 Å². The van der Waals surface area contributed by atoms with Crippen LogP contribution in [0.3, 0.4) is 0 Å². The zero-order chi connectivity index (χ0) is 11.6. The number of hydrogen-bond donors (Lipinski definition) is 1. The third-order valence-electron chi connectivity index (χ3n) is 4.07. The maximum atomic E-state index is 5.89. The maximum absolute atomic E-state index is 5.89. The van der Waals surface area contributed by atoms with E-state index in [1.165, 1.54) is 30.7 Å². The van der Waals surface area contributed by atoms with Crippen molar-refractivity contribution in [1.29, 1.82) is 0 Å². The molecular formula is C13H12BrN3. The molecule has 2 atom stereocenters. The van der Waals surface area contributed by atoms with Gasteiger partial charge in [0, 0.05) is 17.5 Å². The van der Waals surface area contributed by atoms with Crippen molar-refractivity contribution in [2.45, 2.75) is 31.1 Å². The molecule has 0 aliphatic heterocycles. The third kappa shape index (κ3) is 1.22. The van der Waals surface area contributed by atoms with Crippen LogP contribution in [0.15, 0.2) is 16.6 Å². The van der Waals surface area contributed by atoms with E-state index in [4.69, 9.17) is 15.7 Å². The van der Waals surface area contributed by atoms with Crippen LogP contribution < -0.4 is 5.73 Å². The maximum Gasteiger partial charge on any atom is 0.105 e. The van der Waals surface area contributed by atoms with E-state index in [0.717, 1.165) is 21.2 Å². The second-order valence-electron chi connectivity index (χ2n) is 5.04. The van der Waals surface area contributed by atoms with Crippen LogP contribution in [-0.2, 0) is 0 Å². The van der Waals surface area contributed by atoms with E-state index in [1.807, 2.05) is 12.1 Å². The molecule has 0 unspecified atom stereocenters. The van der Waals surface area contributed by atoms with E-state index >= 15 is 0 Å². The van der Waals surface area contributed by atoms with Crippen molar-refractivity contribution in [3.63, 3.8) is 0 Å². The number of fused-ring (bicyclic) bond motifs is 6. The lowest BCUT2D eigenvalue weighted by atomic mass is 10.0. The van der Waals surface area contributed by atoms with Crippen LogP contribution in [0, 0.1) is 0 Å². The summed E-state index contributed by atoms with van der Waals surface area (Å²) in [6, 6.07) is 3.86. The predicted molar refractivity (Wildman–Crippen MR) is 71.0 cm³/mol. The highest BCUT2D eigenvalue weighted by molar-refractivity contribution is 9.10. The van der Waals surface area contributed by atoms with E-state index in [2.05, 4.69) is 15.9 Å². The fourth-order valence-corrected chi connectivity index (χ4v) is 3.63. The van der Waals surface area contributed by atoms with Gasteiger partial charge in [-0.15, -0.1) is 0 Å². The summed E-state index contributed by atoms with van der Waals surface area (Å²) in [5, 5.41) is 0. The van der Waals surface area contributed by atoms with Gasteiger partial charge < -0.3 is 5.73 Å². The van der Waals surface area contributed by atoms with Gasteiger partial charge in [-0.3, -0.25) is 0 Å². The van der Waals surface area contributed by atoms with Crippen molar-refractivity contribution < 1.29 is 0 Å². The standard InChI is InChI=1S/C13H12BrN3/c14-10-8(15)3-4-9-13(10)17-12-7-2-1-6(5-7)11(12)16-9/h3-4,6-7H,1-2,5,15H2/t6-,7-/m1/s1. The smallest absolute Gasteiger partial charge is 0.105 e. The summed E-state index contributed by atoms with van der Waals surface area (Å²) in [5.41, 5.74) is 11.0. The van der Waals surface area contributed by atoms with Crippen molar-refractivity contribution in [3.8, 4) is 0 Å². The van der Waals surface area contributed by atoms with Crippen LogP contribution >= 0.6 is 15.9 Å². The molecule has 0 radical (unpaired) electrons.